The van der Waals surface area contributed by atoms with E-state index in [1.54, 1.807) is 18.2 Å². The third kappa shape index (κ3) is 3.62. The first kappa shape index (κ1) is 18.5. The van der Waals surface area contributed by atoms with E-state index in [2.05, 4.69) is 6.92 Å². The number of hydrogen-bond donors (Lipinski definition) is 2. The van der Waals surface area contributed by atoms with Crippen LogP contribution < -0.4 is 0 Å². The number of fused-ring (bicyclic) bond motifs is 1. The summed E-state index contributed by atoms with van der Waals surface area (Å²) in [5.74, 6) is 1.32. The molecule has 0 spiro atoms. The van der Waals surface area contributed by atoms with Gasteiger partial charge < -0.3 is 10.2 Å². The molecule has 0 aliphatic heterocycles. The standard InChI is InChI=1S/C25H25FO2/c1-2-22-23(17-5-10-20(27)11-6-17)14-18-7-12-21(28)15-24(18)25(22)13-16-3-8-19(26)9-4-16/h3-12,15,22-23,25,27-28H,2,13-14H2,1H3/t22-,23+,25-/m1/s1. The average molecular weight is 376 g/mol. The maximum absolute atomic E-state index is 13.4. The van der Waals surface area contributed by atoms with Gasteiger partial charge in [0.25, 0.3) is 0 Å². The van der Waals surface area contributed by atoms with Crippen LogP contribution in [0.4, 0.5) is 4.39 Å². The predicted octanol–water partition coefficient (Wildman–Crippen LogP) is 5.93. The number of aromatic hydroxyl groups is 2. The van der Waals surface area contributed by atoms with Crippen LogP contribution in [0.2, 0.25) is 0 Å². The molecule has 0 aromatic heterocycles. The van der Waals surface area contributed by atoms with Crippen molar-refractivity contribution in [2.24, 2.45) is 5.92 Å². The molecule has 2 N–H and O–H groups in total. The van der Waals surface area contributed by atoms with Gasteiger partial charge in [0.1, 0.15) is 17.3 Å². The van der Waals surface area contributed by atoms with Crippen LogP contribution in [0.25, 0.3) is 0 Å². The summed E-state index contributed by atoms with van der Waals surface area (Å²) >= 11 is 0. The number of halogens is 1. The number of phenolic OH excluding ortho intramolecular Hbond substituents is 2. The minimum absolute atomic E-state index is 0.223. The van der Waals surface area contributed by atoms with Crippen LogP contribution in [0.5, 0.6) is 11.5 Å². The van der Waals surface area contributed by atoms with E-state index in [-0.39, 0.29) is 17.5 Å². The lowest BCUT2D eigenvalue weighted by Crippen LogP contribution is -2.29. The summed E-state index contributed by atoms with van der Waals surface area (Å²) in [6.07, 6.45) is 2.73. The summed E-state index contributed by atoms with van der Waals surface area (Å²) in [7, 11) is 0. The van der Waals surface area contributed by atoms with Crippen molar-refractivity contribution in [1.82, 2.24) is 0 Å². The molecule has 3 heteroatoms. The van der Waals surface area contributed by atoms with Crippen LogP contribution in [-0.2, 0) is 12.8 Å². The Morgan fingerprint density at radius 3 is 2.25 bits per heavy atom. The lowest BCUT2D eigenvalue weighted by molar-refractivity contribution is 0.310. The smallest absolute Gasteiger partial charge is 0.123 e. The van der Waals surface area contributed by atoms with Gasteiger partial charge in [0.05, 0.1) is 0 Å². The van der Waals surface area contributed by atoms with Crippen molar-refractivity contribution < 1.29 is 14.6 Å². The Balaban J connectivity index is 1.76. The molecular formula is C25H25FO2. The van der Waals surface area contributed by atoms with Crippen LogP contribution in [0.15, 0.2) is 66.7 Å². The zero-order valence-electron chi connectivity index (χ0n) is 16.0. The van der Waals surface area contributed by atoms with Gasteiger partial charge in [-0.25, -0.2) is 4.39 Å². The monoisotopic (exact) mass is 376 g/mol. The normalized spacial score (nSPS) is 21.3. The van der Waals surface area contributed by atoms with Gasteiger partial charge in [-0.2, -0.15) is 0 Å². The molecule has 3 atom stereocenters. The van der Waals surface area contributed by atoms with Gasteiger partial charge in [-0.15, -0.1) is 0 Å². The highest BCUT2D eigenvalue weighted by Gasteiger charge is 2.36. The lowest BCUT2D eigenvalue weighted by Gasteiger charge is -2.40. The van der Waals surface area contributed by atoms with Crippen molar-refractivity contribution in [2.45, 2.75) is 38.0 Å². The Morgan fingerprint density at radius 2 is 1.57 bits per heavy atom. The summed E-state index contributed by atoms with van der Waals surface area (Å²) in [5.41, 5.74) is 4.79. The van der Waals surface area contributed by atoms with Crippen LogP contribution >= 0.6 is 0 Å². The van der Waals surface area contributed by atoms with E-state index in [0.29, 0.717) is 17.6 Å². The number of benzene rings is 3. The minimum Gasteiger partial charge on any atom is -0.508 e. The van der Waals surface area contributed by atoms with Crippen molar-refractivity contribution >= 4 is 0 Å². The molecule has 28 heavy (non-hydrogen) atoms. The minimum atomic E-state index is -0.223. The topological polar surface area (TPSA) is 40.5 Å². The summed E-state index contributed by atoms with van der Waals surface area (Å²) in [4.78, 5) is 0. The SMILES string of the molecule is CC[C@@H]1[C@H](c2ccc(O)cc2)Cc2ccc(O)cc2[C@@H]1Cc1ccc(F)cc1. The molecule has 4 rings (SSSR count). The maximum atomic E-state index is 13.4. The van der Waals surface area contributed by atoms with Crippen molar-refractivity contribution in [3.05, 3.63) is 94.8 Å². The third-order valence-corrected chi connectivity index (χ3v) is 6.16. The zero-order chi connectivity index (χ0) is 19.7. The van der Waals surface area contributed by atoms with Gasteiger partial charge in [0.2, 0.25) is 0 Å². The Morgan fingerprint density at radius 1 is 0.893 bits per heavy atom. The highest BCUT2D eigenvalue weighted by molar-refractivity contribution is 5.44. The van der Waals surface area contributed by atoms with E-state index < -0.39 is 0 Å². The molecular weight excluding hydrogens is 351 g/mol. The second-order valence-corrected chi connectivity index (χ2v) is 7.79. The van der Waals surface area contributed by atoms with E-state index >= 15 is 0 Å². The number of hydrogen-bond acceptors (Lipinski definition) is 2. The molecule has 0 fully saturated rings. The zero-order valence-corrected chi connectivity index (χ0v) is 16.0. The fraction of sp³-hybridized carbons (Fsp3) is 0.280. The summed E-state index contributed by atoms with van der Waals surface area (Å²) in [5, 5.41) is 19.8. The molecule has 0 saturated carbocycles. The van der Waals surface area contributed by atoms with Gasteiger partial charge >= 0.3 is 0 Å². The average Bonchev–Trinajstić information content (AvgIpc) is 2.70. The van der Waals surface area contributed by atoms with Crippen molar-refractivity contribution in [3.63, 3.8) is 0 Å². The van der Waals surface area contributed by atoms with Crippen LogP contribution in [0.3, 0.4) is 0 Å². The van der Waals surface area contributed by atoms with Gasteiger partial charge in [-0.1, -0.05) is 43.7 Å². The lowest BCUT2D eigenvalue weighted by atomic mass is 9.64. The van der Waals surface area contributed by atoms with Gasteiger partial charge in [-0.05, 0) is 89.2 Å². The fourth-order valence-corrected chi connectivity index (χ4v) is 4.80. The van der Waals surface area contributed by atoms with E-state index in [4.69, 9.17) is 0 Å². The molecule has 1 aliphatic carbocycles. The molecule has 1 aliphatic rings. The molecule has 0 saturated heterocycles. The van der Waals surface area contributed by atoms with Crippen molar-refractivity contribution in [1.29, 1.82) is 0 Å². The first-order chi connectivity index (χ1) is 13.5. The van der Waals surface area contributed by atoms with Crippen molar-refractivity contribution in [2.75, 3.05) is 0 Å². The van der Waals surface area contributed by atoms with E-state index in [0.717, 1.165) is 24.8 Å². The van der Waals surface area contributed by atoms with Crippen molar-refractivity contribution in [3.8, 4) is 11.5 Å². The first-order valence-electron chi connectivity index (χ1n) is 9.90. The third-order valence-electron chi connectivity index (χ3n) is 6.16. The summed E-state index contributed by atoms with van der Waals surface area (Å²) in [6, 6.07) is 20.0. The molecule has 0 unspecified atom stereocenters. The van der Waals surface area contributed by atoms with Gasteiger partial charge in [0.15, 0.2) is 0 Å². The number of rotatable bonds is 4. The van der Waals surface area contributed by atoms with E-state index in [1.807, 2.05) is 36.4 Å². The Bertz CT molecular complexity index is 947. The van der Waals surface area contributed by atoms with E-state index in [1.165, 1.54) is 28.8 Å². The molecule has 0 heterocycles. The molecule has 0 radical (unpaired) electrons. The van der Waals surface area contributed by atoms with E-state index in [9.17, 15) is 14.6 Å². The Hall–Kier alpha value is -2.81. The molecule has 3 aromatic rings. The molecule has 3 aromatic carbocycles. The van der Waals surface area contributed by atoms with Gasteiger partial charge in [-0.3, -0.25) is 0 Å². The highest BCUT2D eigenvalue weighted by Crippen LogP contribution is 2.48. The second kappa shape index (κ2) is 7.67. The first-order valence-corrected chi connectivity index (χ1v) is 9.90. The number of phenols is 2. The van der Waals surface area contributed by atoms with Crippen LogP contribution in [0.1, 0.15) is 47.4 Å². The quantitative estimate of drug-likeness (QED) is 0.592. The predicted molar refractivity (Wildman–Crippen MR) is 109 cm³/mol. The fourth-order valence-electron chi connectivity index (χ4n) is 4.80. The Kier molecular flexibility index (Phi) is 5.08. The van der Waals surface area contributed by atoms with Crippen LogP contribution in [-0.4, -0.2) is 10.2 Å². The van der Waals surface area contributed by atoms with Crippen LogP contribution in [0, 0.1) is 11.7 Å². The molecule has 144 valence electrons. The molecule has 2 nitrogen and oxygen atoms in total. The summed E-state index contributed by atoms with van der Waals surface area (Å²) in [6.45, 7) is 2.21. The summed E-state index contributed by atoms with van der Waals surface area (Å²) < 4.78 is 13.4. The second-order valence-electron chi connectivity index (χ2n) is 7.79. The maximum Gasteiger partial charge on any atom is 0.123 e. The largest absolute Gasteiger partial charge is 0.508 e. The Labute approximate surface area is 165 Å². The molecule has 0 bridgehead atoms. The molecule has 0 amide bonds. The van der Waals surface area contributed by atoms with Gasteiger partial charge in [0, 0.05) is 0 Å². The highest BCUT2D eigenvalue weighted by atomic mass is 19.1.